The fourth-order valence-electron chi connectivity index (χ4n) is 3.56. The second-order valence-electron chi connectivity index (χ2n) is 6.78. The Morgan fingerprint density at radius 1 is 1.26 bits per heavy atom. The zero-order chi connectivity index (χ0) is 19.6. The van der Waals surface area contributed by atoms with Gasteiger partial charge in [0.25, 0.3) is 0 Å². The van der Waals surface area contributed by atoms with E-state index in [1.165, 1.54) is 7.11 Å². The fourth-order valence-corrected chi connectivity index (χ4v) is 3.56. The summed E-state index contributed by atoms with van der Waals surface area (Å²) in [5.41, 5.74) is -1.19. The van der Waals surface area contributed by atoms with Crippen molar-refractivity contribution in [1.29, 1.82) is 0 Å². The third kappa shape index (κ3) is 4.27. The van der Waals surface area contributed by atoms with Gasteiger partial charge in [-0.05, 0) is 37.3 Å². The van der Waals surface area contributed by atoms with Crippen LogP contribution in [0.3, 0.4) is 0 Å². The first kappa shape index (κ1) is 19.7. The Kier molecular flexibility index (Phi) is 5.76. The molecule has 27 heavy (non-hydrogen) atoms. The normalized spacial score (nSPS) is 22.1. The number of methoxy groups -OCH3 is 1. The lowest BCUT2D eigenvalue weighted by Crippen LogP contribution is -2.25. The SMILES string of the molecule is COCCOCc1nc(C(F)(F)F)ccc1C(=O)C1=CC2CCC(C2)C1=O. The molecule has 0 radical (unpaired) electrons. The Bertz CT molecular complexity index is 773. The van der Waals surface area contributed by atoms with Crippen molar-refractivity contribution in [3.8, 4) is 0 Å². The van der Waals surface area contributed by atoms with Gasteiger partial charge in [0.1, 0.15) is 5.69 Å². The van der Waals surface area contributed by atoms with Gasteiger partial charge in [0.05, 0.1) is 31.1 Å². The van der Waals surface area contributed by atoms with Gasteiger partial charge >= 0.3 is 6.18 Å². The minimum Gasteiger partial charge on any atom is -0.382 e. The van der Waals surface area contributed by atoms with Gasteiger partial charge in [0, 0.05) is 18.6 Å². The molecule has 2 bridgehead atoms. The third-order valence-electron chi connectivity index (χ3n) is 4.94. The van der Waals surface area contributed by atoms with Gasteiger partial charge < -0.3 is 9.47 Å². The molecule has 146 valence electrons. The van der Waals surface area contributed by atoms with Gasteiger partial charge in [-0.25, -0.2) is 4.98 Å². The van der Waals surface area contributed by atoms with E-state index >= 15 is 0 Å². The van der Waals surface area contributed by atoms with E-state index in [1.54, 1.807) is 6.08 Å². The summed E-state index contributed by atoms with van der Waals surface area (Å²) in [5, 5.41) is 0. The summed E-state index contributed by atoms with van der Waals surface area (Å²) < 4.78 is 49.1. The van der Waals surface area contributed by atoms with Gasteiger partial charge in [-0.3, -0.25) is 9.59 Å². The summed E-state index contributed by atoms with van der Waals surface area (Å²) in [4.78, 5) is 29.0. The molecule has 1 saturated carbocycles. The molecule has 5 nitrogen and oxygen atoms in total. The molecule has 1 aromatic heterocycles. The molecule has 2 aliphatic carbocycles. The van der Waals surface area contributed by atoms with Crippen LogP contribution < -0.4 is 0 Å². The Labute approximate surface area is 154 Å². The van der Waals surface area contributed by atoms with Crippen molar-refractivity contribution in [3.05, 3.63) is 40.7 Å². The zero-order valence-electron chi connectivity index (χ0n) is 14.8. The van der Waals surface area contributed by atoms with Crippen molar-refractivity contribution >= 4 is 11.6 Å². The summed E-state index contributed by atoms with van der Waals surface area (Å²) >= 11 is 0. The average Bonchev–Trinajstić information content (AvgIpc) is 3.04. The average molecular weight is 383 g/mol. The van der Waals surface area contributed by atoms with E-state index in [2.05, 4.69) is 4.98 Å². The molecule has 0 N–H and O–H groups in total. The number of nitrogens with zero attached hydrogens (tertiary/aromatic N) is 1. The summed E-state index contributed by atoms with van der Waals surface area (Å²) in [6.45, 7) is 0.131. The van der Waals surface area contributed by atoms with E-state index in [4.69, 9.17) is 9.47 Å². The van der Waals surface area contributed by atoms with E-state index in [0.29, 0.717) is 0 Å². The van der Waals surface area contributed by atoms with Crippen LogP contribution in [-0.4, -0.2) is 36.9 Å². The lowest BCUT2D eigenvalue weighted by molar-refractivity contribution is -0.141. The van der Waals surface area contributed by atoms with Crippen LogP contribution in [-0.2, 0) is 27.1 Å². The molecule has 8 heteroatoms. The first-order chi connectivity index (χ1) is 12.8. The second-order valence-corrected chi connectivity index (χ2v) is 6.78. The lowest BCUT2D eigenvalue weighted by atomic mass is 9.84. The highest BCUT2D eigenvalue weighted by Gasteiger charge is 2.39. The molecule has 0 amide bonds. The van der Waals surface area contributed by atoms with Crippen LogP contribution in [0.1, 0.15) is 41.0 Å². The number of pyridine rings is 1. The molecule has 1 fully saturated rings. The van der Waals surface area contributed by atoms with Gasteiger partial charge in [0.15, 0.2) is 11.6 Å². The number of Topliss-reactive ketones (excluding diaryl/α,β-unsaturated/α-hetero) is 2. The maximum absolute atomic E-state index is 13.0. The van der Waals surface area contributed by atoms with Crippen LogP contribution in [0.25, 0.3) is 0 Å². The maximum Gasteiger partial charge on any atom is 0.433 e. The Morgan fingerprint density at radius 3 is 2.74 bits per heavy atom. The number of aromatic nitrogens is 1. The number of rotatable bonds is 7. The third-order valence-corrected chi connectivity index (χ3v) is 4.94. The van der Waals surface area contributed by atoms with E-state index in [0.717, 1.165) is 31.4 Å². The van der Waals surface area contributed by atoms with Crippen molar-refractivity contribution in [2.75, 3.05) is 20.3 Å². The highest BCUT2D eigenvalue weighted by Crippen LogP contribution is 2.40. The number of hydrogen-bond acceptors (Lipinski definition) is 5. The number of alkyl halides is 3. The van der Waals surface area contributed by atoms with E-state index in [-0.39, 0.29) is 54.3 Å². The summed E-state index contributed by atoms with van der Waals surface area (Å²) in [7, 11) is 1.47. The largest absolute Gasteiger partial charge is 0.433 e. The number of fused-ring (bicyclic) bond motifs is 2. The number of carbonyl (C=O) groups excluding carboxylic acids is 2. The van der Waals surface area contributed by atoms with Gasteiger partial charge in [0.2, 0.25) is 0 Å². The number of ketones is 2. The van der Waals surface area contributed by atoms with Crippen molar-refractivity contribution in [2.24, 2.45) is 11.8 Å². The van der Waals surface area contributed by atoms with E-state index < -0.39 is 17.7 Å². The molecule has 0 saturated heterocycles. The first-order valence-electron chi connectivity index (χ1n) is 8.75. The maximum atomic E-state index is 13.0. The number of carbonyl (C=O) groups is 2. The zero-order valence-corrected chi connectivity index (χ0v) is 14.8. The number of ether oxygens (including phenoxy) is 2. The lowest BCUT2D eigenvalue weighted by Gasteiger charge is -2.18. The molecule has 0 spiro atoms. The highest BCUT2D eigenvalue weighted by atomic mass is 19.4. The minimum absolute atomic E-state index is 0.0266. The minimum atomic E-state index is -4.64. The van der Waals surface area contributed by atoms with E-state index in [1.807, 2.05) is 0 Å². The molecule has 2 aliphatic rings. The second kappa shape index (κ2) is 7.90. The van der Waals surface area contributed by atoms with Gasteiger partial charge in [-0.2, -0.15) is 13.2 Å². The van der Waals surface area contributed by atoms with Gasteiger partial charge in [-0.1, -0.05) is 6.08 Å². The number of hydrogen-bond donors (Lipinski definition) is 0. The van der Waals surface area contributed by atoms with Crippen LogP contribution in [0.2, 0.25) is 0 Å². The molecular formula is C19H20F3NO4. The number of allylic oxidation sites excluding steroid dienone is 2. The molecule has 1 aromatic rings. The first-order valence-corrected chi connectivity index (χ1v) is 8.75. The molecule has 0 aromatic carbocycles. The van der Waals surface area contributed by atoms with Crippen LogP contribution in [0.5, 0.6) is 0 Å². The smallest absolute Gasteiger partial charge is 0.382 e. The highest BCUT2D eigenvalue weighted by molar-refractivity contribution is 6.27. The standard InChI is InChI=1S/C19H20F3NO4/c1-26-6-7-27-10-15-13(4-5-16(23-15)19(20,21)22)18(25)14-9-11-2-3-12(8-11)17(14)24/h4-5,9,11-12H,2-3,6-8,10H2,1H3. The van der Waals surface area contributed by atoms with Crippen LogP contribution >= 0.6 is 0 Å². The Balaban J connectivity index is 1.90. The Morgan fingerprint density at radius 2 is 2.04 bits per heavy atom. The van der Waals surface area contributed by atoms with E-state index in [9.17, 15) is 22.8 Å². The summed E-state index contributed by atoms with van der Waals surface area (Å²) in [5.74, 6) is -0.790. The van der Waals surface area contributed by atoms with Crippen molar-refractivity contribution in [1.82, 2.24) is 4.98 Å². The summed E-state index contributed by atoms with van der Waals surface area (Å²) in [6, 6.07) is 1.84. The summed E-state index contributed by atoms with van der Waals surface area (Å²) in [6.07, 6.45) is -0.627. The molecular weight excluding hydrogens is 363 g/mol. The quantitative estimate of drug-likeness (QED) is 0.410. The predicted molar refractivity (Wildman–Crippen MR) is 89.0 cm³/mol. The number of halogens is 3. The topological polar surface area (TPSA) is 65.5 Å². The molecule has 3 rings (SSSR count). The fraction of sp³-hybridized carbons (Fsp3) is 0.526. The van der Waals surface area contributed by atoms with Gasteiger partial charge in [-0.15, -0.1) is 0 Å². The Hall–Kier alpha value is -2.06. The van der Waals surface area contributed by atoms with Crippen LogP contribution in [0, 0.1) is 11.8 Å². The van der Waals surface area contributed by atoms with Crippen LogP contribution in [0.4, 0.5) is 13.2 Å². The predicted octanol–water partition coefficient (Wildman–Crippen LogP) is 3.37. The van der Waals surface area contributed by atoms with Crippen LogP contribution in [0.15, 0.2) is 23.8 Å². The van der Waals surface area contributed by atoms with Crippen molar-refractivity contribution in [2.45, 2.75) is 32.0 Å². The van der Waals surface area contributed by atoms with Crippen molar-refractivity contribution in [3.63, 3.8) is 0 Å². The molecule has 0 aliphatic heterocycles. The van der Waals surface area contributed by atoms with Crippen molar-refractivity contribution < 1.29 is 32.2 Å². The monoisotopic (exact) mass is 383 g/mol. The molecule has 1 heterocycles. The molecule has 2 unspecified atom stereocenters. The molecule has 2 atom stereocenters.